The number of oxazole rings is 1. The molecule has 0 spiro atoms. The minimum absolute atomic E-state index is 0.581. The highest BCUT2D eigenvalue weighted by molar-refractivity contribution is 7.99. The summed E-state index contributed by atoms with van der Waals surface area (Å²) in [5, 5.41) is 0.581. The first-order valence-corrected chi connectivity index (χ1v) is 5.55. The van der Waals surface area contributed by atoms with E-state index in [2.05, 4.69) is 4.98 Å². The number of hydrogen-bond acceptors (Lipinski definition) is 5. The second-order valence-electron chi connectivity index (χ2n) is 3.23. The summed E-state index contributed by atoms with van der Waals surface area (Å²) in [6.45, 7) is 1.88. The number of methoxy groups -OCH3 is 1. The summed E-state index contributed by atoms with van der Waals surface area (Å²) in [5.74, 6) is 0.660. The molecule has 4 nitrogen and oxygen atoms in total. The van der Waals surface area contributed by atoms with E-state index in [-0.39, 0.29) is 0 Å². The van der Waals surface area contributed by atoms with Crippen LogP contribution in [-0.2, 0) is 0 Å². The quantitative estimate of drug-likeness (QED) is 0.830. The number of aryl methyl sites for hydroxylation is 1. The number of nitrogens with two attached hydrogens (primary N) is 1. The fourth-order valence-corrected chi connectivity index (χ4v) is 2.10. The van der Waals surface area contributed by atoms with Crippen molar-refractivity contribution >= 4 is 17.4 Å². The molecule has 2 N–H and O–H groups in total. The molecule has 0 aliphatic heterocycles. The third-order valence-corrected chi connectivity index (χ3v) is 2.98. The molecule has 0 unspecified atom stereocenters. The first-order chi connectivity index (χ1) is 7.70. The van der Waals surface area contributed by atoms with Crippen molar-refractivity contribution in [3.63, 3.8) is 0 Å². The molecular formula is C11H12N2O2S. The van der Waals surface area contributed by atoms with Gasteiger partial charge in [-0.3, -0.25) is 0 Å². The minimum atomic E-state index is 0.581. The lowest BCUT2D eigenvalue weighted by Gasteiger charge is -2.07. The van der Waals surface area contributed by atoms with E-state index >= 15 is 0 Å². The van der Waals surface area contributed by atoms with Gasteiger partial charge < -0.3 is 14.9 Å². The van der Waals surface area contributed by atoms with E-state index in [0.29, 0.717) is 16.7 Å². The fourth-order valence-electron chi connectivity index (χ4n) is 1.26. The molecule has 0 saturated carbocycles. The summed E-state index contributed by atoms with van der Waals surface area (Å²) in [7, 11) is 1.59. The van der Waals surface area contributed by atoms with Crippen LogP contribution in [0.4, 0.5) is 5.69 Å². The first kappa shape index (κ1) is 10.9. The summed E-state index contributed by atoms with van der Waals surface area (Å²) in [4.78, 5) is 5.08. The van der Waals surface area contributed by atoms with Gasteiger partial charge in [0.15, 0.2) is 0 Å². The molecule has 0 amide bonds. The zero-order chi connectivity index (χ0) is 11.5. The maximum absolute atomic E-state index is 5.93. The standard InChI is InChI=1S/C11H12N2O2S/c1-7-6-15-11(13-7)16-9-5-3-4-8(14-2)10(9)12/h3-6H,12H2,1-2H3. The SMILES string of the molecule is COc1cccc(Sc2nc(C)co2)c1N. The third kappa shape index (κ3) is 2.14. The molecule has 0 aliphatic carbocycles. The van der Waals surface area contributed by atoms with E-state index in [0.717, 1.165) is 10.6 Å². The zero-order valence-electron chi connectivity index (χ0n) is 9.06. The zero-order valence-corrected chi connectivity index (χ0v) is 9.88. The van der Waals surface area contributed by atoms with Gasteiger partial charge in [-0.1, -0.05) is 6.07 Å². The predicted octanol–water partition coefficient (Wildman–Crippen LogP) is 2.73. The molecule has 1 aromatic heterocycles. The molecule has 2 rings (SSSR count). The lowest BCUT2D eigenvalue weighted by molar-refractivity contribution is 0.416. The van der Waals surface area contributed by atoms with Gasteiger partial charge in [-0.05, 0) is 30.8 Å². The molecule has 16 heavy (non-hydrogen) atoms. The molecule has 1 aromatic carbocycles. The van der Waals surface area contributed by atoms with Gasteiger partial charge in [-0.15, -0.1) is 0 Å². The van der Waals surface area contributed by atoms with Gasteiger partial charge in [0.25, 0.3) is 5.22 Å². The molecule has 84 valence electrons. The number of rotatable bonds is 3. The molecule has 0 bridgehead atoms. The molecular weight excluding hydrogens is 224 g/mol. The van der Waals surface area contributed by atoms with E-state index in [1.807, 2.05) is 25.1 Å². The van der Waals surface area contributed by atoms with E-state index in [1.54, 1.807) is 13.4 Å². The molecule has 0 aliphatic rings. The molecule has 5 heteroatoms. The van der Waals surface area contributed by atoms with Crippen LogP contribution in [0.5, 0.6) is 5.75 Å². The summed E-state index contributed by atoms with van der Waals surface area (Å²) in [5.41, 5.74) is 7.39. The van der Waals surface area contributed by atoms with Gasteiger partial charge in [-0.25, -0.2) is 4.98 Å². The lowest BCUT2D eigenvalue weighted by atomic mass is 10.3. The van der Waals surface area contributed by atoms with Gasteiger partial charge >= 0.3 is 0 Å². The molecule has 0 fully saturated rings. The molecule has 0 atom stereocenters. The van der Waals surface area contributed by atoms with Gasteiger partial charge in [0.2, 0.25) is 0 Å². The van der Waals surface area contributed by atoms with Crippen molar-refractivity contribution in [1.29, 1.82) is 0 Å². The van der Waals surface area contributed by atoms with E-state index in [1.165, 1.54) is 11.8 Å². The maximum atomic E-state index is 5.93. The summed E-state index contributed by atoms with van der Waals surface area (Å²) in [6, 6.07) is 5.61. The predicted molar refractivity (Wildman–Crippen MR) is 62.8 cm³/mol. The largest absolute Gasteiger partial charge is 0.495 e. The molecule has 2 aromatic rings. The van der Waals surface area contributed by atoms with Crippen molar-refractivity contribution in [3.05, 3.63) is 30.2 Å². The Morgan fingerprint density at radius 1 is 1.44 bits per heavy atom. The van der Waals surface area contributed by atoms with Crippen molar-refractivity contribution in [2.45, 2.75) is 17.0 Å². The number of anilines is 1. The van der Waals surface area contributed by atoms with Crippen molar-refractivity contribution in [2.24, 2.45) is 0 Å². The second kappa shape index (κ2) is 4.49. The van der Waals surface area contributed by atoms with Crippen LogP contribution in [-0.4, -0.2) is 12.1 Å². The Kier molecular flexibility index (Phi) is 3.05. The number of ether oxygens (including phenoxy) is 1. The Morgan fingerprint density at radius 3 is 2.88 bits per heavy atom. The minimum Gasteiger partial charge on any atom is -0.495 e. The van der Waals surface area contributed by atoms with Crippen LogP contribution in [0.3, 0.4) is 0 Å². The Hall–Kier alpha value is -1.62. The number of para-hydroxylation sites is 1. The summed E-state index contributed by atoms with van der Waals surface area (Å²) < 4.78 is 10.4. The Bertz CT molecular complexity index is 496. The summed E-state index contributed by atoms with van der Waals surface area (Å²) in [6.07, 6.45) is 1.61. The van der Waals surface area contributed by atoms with Crippen LogP contribution in [0.2, 0.25) is 0 Å². The average molecular weight is 236 g/mol. The fraction of sp³-hybridized carbons (Fsp3) is 0.182. The van der Waals surface area contributed by atoms with Crippen LogP contribution in [0, 0.1) is 6.92 Å². The van der Waals surface area contributed by atoms with E-state index in [9.17, 15) is 0 Å². The number of hydrogen-bond donors (Lipinski definition) is 1. The number of nitrogen functional groups attached to an aromatic ring is 1. The van der Waals surface area contributed by atoms with Crippen LogP contribution < -0.4 is 10.5 Å². The number of benzene rings is 1. The Labute approximate surface area is 97.8 Å². The van der Waals surface area contributed by atoms with Gasteiger partial charge in [0.1, 0.15) is 12.0 Å². The van der Waals surface area contributed by atoms with E-state index < -0.39 is 0 Å². The van der Waals surface area contributed by atoms with Crippen molar-refractivity contribution in [3.8, 4) is 5.75 Å². The highest BCUT2D eigenvalue weighted by Crippen LogP contribution is 2.36. The smallest absolute Gasteiger partial charge is 0.260 e. The van der Waals surface area contributed by atoms with Crippen molar-refractivity contribution < 1.29 is 9.15 Å². The number of nitrogens with zero attached hydrogens (tertiary/aromatic N) is 1. The highest BCUT2D eigenvalue weighted by atomic mass is 32.2. The summed E-state index contributed by atoms with van der Waals surface area (Å²) >= 11 is 1.38. The Balaban J connectivity index is 2.28. The van der Waals surface area contributed by atoms with Crippen molar-refractivity contribution in [1.82, 2.24) is 4.98 Å². The highest BCUT2D eigenvalue weighted by Gasteiger charge is 2.09. The molecule has 0 radical (unpaired) electrons. The van der Waals surface area contributed by atoms with Crippen molar-refractivity contribution in [2.75, 3.05) is 12.8 Å². The monoisotopic (exact) mass is 236 g/mol. The van der Waals surface area contributed by atoms with Gasteiger partial charge in [-0.2, -0.15) is 0 Å². The van der Waals surface area contributed by atoms with Gasteiger partial charge in [0.05, 0.1) is 18.5 Å². The average Bonchev–Trinajstić information content (AvgIpc) is 2.67. The maximum Gasteiger partial charge on any atom is 0.260 e. The van der Waals surface area contributed by atoms with Crippen LogP contribution in [0.25, 0.3) is 0 Å². The molecule has 0 saturated heterocycles. The first-order valence-electron chi connectivity index (χ1n) is 4.73. The Morgan fingerprint density at radius 2 is 2.25 bits per heavy atom. The van der Waals surface area contributed by atoms with E-state index in [4.69, 9.17) is 14.9 Å². The van der Waals surface area contributed by atoms with Gasteiger partial charge in [0, 0.05) is 4.90 Å². The van der Waals surface area contributed by atoms with Crippen LogP contribution in [0.1, 0.15) is 5.69 Å². The number of aromatic nitrogens is 1. The second-order valence-corrected chi connectivity index (χ2v) is 4.22. The third-order valence-electron chi connectivity index (χ3n) is 2.04. The van der Waals surface area contributed by atoms with Crippen LogP contribution >= 0.6 is 11.8 Å². The topological polar surface area (TPSA) is 61.3 Å². The van der Waals surface area contributed by atoms with Crippen LogP contribution in [0.15, 0.2) is 39.0 Å². The normalized spacial score (nSPS) is 10.4. The molecule has 1 heterocycles. The lowest BCUT2D eigenvalue weighted by Crippen LogP contribution is -1.93.